The zero-order chi connectivity index (χ0) is 110. The summed E-state index contributed by atoms with van der Waals surface area (Å²) in [5, 5.41) is 28.7. The van der Waals surface area contributed by atoms with Gasteiger partial charge in [0.25, 0.3) is 0 Å². The lowest BCUT2D eigenvalue weighted by Crippen LogP contribution is -2.32. The van der Waals surface area contributed by atoms with Gasteiger partial charge in [0.1, 0.15) is 12.2 Å². The van der Waals surface area contributed by atoms with Gasteiger partial charge in [0.2, 0.25) is 11.8 Å². The van der Waals surface area contributed by atoms with Crippen molar-refractivity contribution in [1.82, 2.24) is 24.5 Å². The van der Waals surface area contributed by atoms with Crippen molar-refractivity contribution in [3.05, 3.63) is 0 Å². The SMILES string of the molecule is CCCCCCCCC(C)OC(=O)CCCCCCCN(CCO)CCCCCCCC(=O)N(CCCCCCCC)CCCCCCCC.CCCCCCCCC(CCCCCCCC)OC(=O)CCCCCCCN(CCO)CCCCCC(=O)OC(CCCCCCCC)C1CC1.CCCCCCCCCCCOC(=O)CCCCCN(CCO)CCCCCCCC(=O)N(CCCCCCCC)CCCCCCCC. The fourth-order valence-electron chi connectivity index (χ4n) is 21.2. The summed E-state index contributed by atoms with van der Waals surface area (Å²) in [5.74, 6) is 1.31. The van der Waals surface area contributed by atoms with Gasteiger partial charge in [-0.15, -0.1) is 0 Å². The second-order valence-electron chi connectivity index (χ2n) is 46.3. The van der Waals surface area contributed by atoms with Crippen LogP contribution in [-0.2, 0) is 47.7 Å². The maximum absolute atomic E-state index is 13.1. The Morgan fingerprint density at radius 3 is 0.693 bits per heavy atom. The molecule has 3 N–H and O–H groups in total. The molecule has 1 rings (SSSR count). The van der Waals surface area contributed by atoms with E-state index in [2.05, 4.69) is 86.8 Å². The van der Waals surface area contributed by atoms with Gasteiger partial charge in [0.05, 0.1) is 32.5 Å². The molecule has 0 saturated heterocycles. The molecule has 0 radical (unpaired) electrons. The summed E-state index contributed by atoms with van der Waals surface area (Å²) in [6.07, 6.45) is 111. The number of rotatable bonds is 120. The Labute approximate surface area is 932 Å². The number of hydrogen-bond donors (Lipinski definition) is 3. The van der Waals surface area contributed by atoms with E-state index in [0.717, 1.165) is 278 Å². The van der Waals surface area contributed by atoms with Gasteiger partial charge in [-0.1, -0.05) is 460 Å². The van der Waals surface area contributed by atoms with Crippen molar-refractivity contribution in [3.63, 3.8) is 0 Å². The monoisotopic (exact) mass is 2120 g/mol. The van der Waals surface area contributed by atoms with Crippen molar-refractivity contribution in [2.45, 2.75) is 698 Å². The molecule has 0 bridgehead atoms. The molecule has 1 aliphatic carbocycles. The van der Waals surface area contributed by atoms with Crippen LogP contribution in [0.25, 0.3) is 0 Å². The number of aliphatic hydroxyl groups is 3. The zero-order valence-electron chi connectivity index (χ0n) is 102. The van der Waals surface area contributed by atoms with Crippen molar-refractivity contribution in [2.24, 2.45) is 5.92 Å². The third kappa shape index (κ3) is 110. The smallest absolute Gasteiger partial charge is 0.306 e. The predicted molar refractivity (Wildman–Crippen MR) is 643 cm³/mol. The quantitative estimate of drug-likeness (QED) is 0.0293. The average molecular weight is 2130 g/mol. The molecule has 18 nitrogen and oxygen atoms in total. The highest BCUT2D eigenvalue weighted by molar-refractivity contribution is 5.76. The molecule has 1 aliphatic rings. The molecule has 892 valence electrons. The zero-order valence-corrected chi connectivity index (χ0v) is 102. The van der Waals surface area contributed by atoms with Crippen molar-refractivity contribution < 1.29 is 63.0 Å². The Morgan fingerprint density at radius 2 is 0.420 bits per heavy atom. The molecule has 1 fully saturated rings. The highest BCUT2D eigenvalue weighted by Crippen LogP contribution is 2.37. The first-order chi connectivity index (χ1) is 73.6. The van der Waals surface area contributed by atoms with Gasteiger partial charge >= 0.3 is 23.9 Å². The summed E-state index contributed by atoms with van der Waals surface area (Å²) in [7, 11) is 0. The van der Waals surface area contributed by atoms with Crippen molar-refractivity contribution in [2.75, 3.05) is 112 Å². The molecule has 0 aromatic rings. The Balaban J connectivity index is 0. The fraction of sp³-hybridized carbons (Fsp3) is 0.955. The molecule has 2 atom stereocenters. The van der Waals surface area contributed by atoms with Crippen LogP contribution in [0.15, 0.2) is 0 Å². The summed E-state index contributed by atoms with van der Waals surface area (Å²) in [4.78, 5) is 87.3. The minimum absolute atomic E-state index is 0.000454. The van der Waals surface area contributed by atoms with Crippen LogP contribution in [0.4, 0.5) is 0 Å². The molecule has 0 heterocycles. The Morgan fingerprint density at radius 1 is 0.213 bits per heavy atom. The van der Waals surface area contributed by atoms with E-state index < -0.39 is 0 Å². The van der Waals surface area contributed by atoms with E-state index in [0.29, 0.717) is 69.4 Å². The summed E-state index contributed by atoms with van der Waals surface area (Å²) in [6, 6.07) is 0. The largest absolute Gasteiger partial charge is 0.466 e. The maximum Gasteiger partial charge on any atom is 0.306 e. The second kappa shape index (κ2) is 123. The van der Waals surface area contributed by atoms with Crippen LogP contribution in [-0.4, -0.2) is 205 Å². The lowest BCUT2D eigenvalue weighted by molar-refractivity contribution is -0.151. The number of carbonyl (C=O) groups is 6. The van der Waals surface area contributed by atoms with Gasteiger partial charge < -0.3 is 58.8 Å². The van der Waals surface area contributed by atoms with Crippen LogP contribution in [0.5, 0.6) is 0 Å². The highest BCUT2D eigenvalue weighted by atomic mass is 16.6. The van der Waals surface area contributed by atoms with E-state index in [-0.39, 0.29) is 62.0 Å². The first-order valence-corrected chi connectivity index (χ1v) is 66.9. The van der Waals surface area contributed by atoms with Crippen LogP contribution in [0, 0.1) is 5.92 Å². The van der Waals surface area contributed by atoms with Gasteiger partial charge in [-0.3, -0.25) is 28.8 Å². The fourth-order valence-corrected chi connectivity index (χ4v) is 21.2. The molecule has 150 heavy (non-hydrogen) atoms. The Hall–Kier alpha value is -3.42. The van der Waals surface area contributed by atoms with E-state index in [1.807, 2.05) is 6.92 Å². The molecular formula is C132H261N5O13. The minimum atomic E-state index is -0.0446. The van der Waals surface area contributed by atoms with E-state index in [9.17, 15) is 44.1 Å². The van der Waals surface area contributed by atoms with E-state index in [4.69, 9.17) is 18.9 Å². The molecule has 2 unspecified atom stereocenters. The van der Waals surface area contributed by atoms with Gasteiger partial charge in [0, 0.05) is 84.3 Å². The molecule has 18 heteroatoms. The van der Waals surface area contributed by atoms with E-state index in [1.165, 1.54) is 372 Å². The van der Waals surface area contributed by atoms with Gasteiger partial charge in [-0.2, -0.15) is 0 Å². The number of unbranched alkanes of at least 4 members (excludes halogenated alkanes) is 68. The molecule has 1 saturated carbocycles. The predicted octanol–water partition coefficient (Wildman–Crippen LogP) is 36.7. The normalized spacial score (nSPS) is 12.4. The third-order valence-electron chi connectivity index (χ3n) is 31.4. The number of nitrogens with zero attached hydrogens (tertiary/aromatic N) is 5. The van der Waals surface area contributed by atoms with E-state index >= 15 is 0 Å². The van der Waals surface area contributed by atoms with Crippen molar-refractivity contribution in [1.29, 1.82) is 0 Å². The van der Waals surface area contributed by atoms with Crippen LogP contribution in [0.2, 0.25) is 0 Å². The van der Waals surface area contributed by atoms with Crippen LogP contribution in [0.1, 0.15) is 679 Å². The lowest BCUT2D eigenvalue weighted by Gasteiger charge is -2.23. The number of ether oxygens (including phenoxy) is 4. The Kier molecular flexibility index (Phi) is 121. The van der Waals surface area contributed by atoms with Gasteiger partial charge in [-0.05, 0) is 225 Å². The van der Waals surface area contributed by atoms with Crippen LogP contribution < -0.4 is 0 Å². The second-order valence-corrected chi connectivity index (χ2v) is 46.3. The minimum Gasteiger partial charge on any atom is -0.466 e. The van der Waals surface area contributed by atoms with Gasteiger partial charge in [-0.25, -0.2) is 0 Å². The number of hydrogen-bond acceptors (Lipinski definition) is 16. The average Bonchev–Trinajstić information content (AvgIpc) is 1.73. The Bertz CT molecular complexity index is 2700. The van der Waals surface area contributed by atoms with E-state index in [1.54, 1.807) is 0 Å². The molecule has 2 amide bonds. The number of aliphatic hydroxyl groups excluding tert-OH is 3. The molecule has 0 spiro atoms. The van der Waals surface area contributed by atoms with Crippen LogP contribution in [0.3, 0.4) is 0 Å². The van der Waals surface area contributed by atoms with Crippen molar-refractivity contribution >= 4 is 35.7 Å². The molecule has 0 aromatic heterocycles. The molecule has 0 aromatic carbocycles. The van der Waals surface area contributed by atoms with Gasteiger partial charge in [0.15, 0.2) is 0 Å². The summed E-state index contributed by atoms with van der Waals surface area (Å²) >= 11 is 0. The topological polar surface area (TPSA) is 216 Å². The molecular weight excluding hydrogens is 1860 g/mol. The van der Waals surface area contributed by atoms with Crippen molar-refractivity contribution in [3.8, 4) is 0 Å². The number of carbonyl (C=O) groups excluding carboxylic acids is 6. The van der Waals surface area contributed by atoms with Crippen LogP contribution >= 0.6 is 0 Å². The first kappa shape index (κ1) is 149. The third-order valence-corrected chi connectivity index (χ3v) is 31.4. The standard InChI is InChI=1S/C45H87NO5.C44H88N2O4.C43H86N2O4/c1-4-7-10-13-17-23-30-42(31-24-18-14-11-8-5-2)50-44(48)33-26-20-16-21-28-37-46(39-40-47)38-29-22-27-34-45(49)51-43(41-35-36-41)32-25-19-15-12-9-6-3;1-5-8-11-14-19-26-33-42(4)50-44(49)35-28-21-18-23-30-37-45(40-41-47)36-29-22-17-20-27-34-43(48)46(38-31-24-15-12-9-6-2)39-32-25-16-13-10-7-3;1-4-7-10-13-16-17-18-24-32-41-49-43(48)34-27-25-29-36-44(39-40-46)35-28-21-19-20-26-33-42(47)45(37-30-22-14-11-8-5-2)38-31-23-15-12-9-6-3/h41-43,47H,4-40H2,1-3H3;42,47H,5-41H2,1-4H3;46H,4-41H2,1-3H3. The summed E-state index contributed by atoms with van der Waals surface area (Å²) in [5.41, 5.74) is 0. The first-order valence-electron chi connectivity index (χ1n) is 66.9. The summed E-state index contributed by atoms with van der Waals surface area (Å²) in [6.45, 7) is 35.6. The summed E-state index contributed by atoms with van der Waals surface area (Å²) < 4.78 is 23.0. The lowest BCUT2D eigenvalue weighted by atomic mass is 10.0. The highest BCUT2D eigenvalue weighted by Gasteiger charge is 2.34. The maximum atomic E-state index is 13.1. The number of amides is 2. The number of esters is 4. The molecule has 0 aliphatic heterocycles.